The normalized spacial score (nSPS) is 12.7. The smallest absolute Gasteiger partial charge is 0.308 e. The largest absolute Gasteiger partial charge is 0.456 e. The van der Waals surface area contributed by atoms with Crippen LogP contribution in [-0.2, 0) is 14.3 Å². The van der Waals surface area contributed by atoms with Gasteiger partial charge in [-0.2, -0.15) is 0 Å². The van der Waals surface area contributed by atoms with Crippen molar-refractivity contribution in [3.63, 3.8) is 0 Å². The number of rotatable bonds is 6. The zero-order valence-electron chi connectivity index (χ0n) is 14.1. The standard InChI is InChI=1S/C19H15ClN2O5/c20-12-5-7-13(8-6-12)21-16(23)11-27-17(24)9-10-22-18(25)14-3-1-2-4-15(14)19(22)26/h1-8H,9-11H2,(H,21,23). The second kappa shape index (κ2) is 8.01. The molecule has 3 rings (SSSR count). The number of nitrogens with one attached hydrogen (secondary N) is 1. The Balaban J connectivity index is 1.45. The Bertz CT molecular complexity index is 876. The van der Waals surface area contributed by atoms with E-state index in [9.17, 15) is 19.2 Å². The van der Waals surface area contributed by atoms with Crippen LogP contribution in [0.2, 0.25) is 5.02 Å². The lowest BCUT2D eigenvalue weighted by molar-refractivity contribution is -0.147. The summed E-state index contributed by atoms with van der Waals surface area (Å²) in [5.74, 6) is -2.07. The number of benzene rings is 2. The van der Waals surface area contributed by atoms with E-state index >= 15 is 0 Å². The van der Waals surface area contributed by atoms with E-state index in [4.69, 9.17) is 16.3 Å². The van der Waals surface area contributed by atoms with Crippen LogP contribution < -0.4 is 5.32 Å². The van der Waals surface area contributed by atoms with E-state index in [2.05, 4.69) is 5.32 Å². The Morgan fingerprint density at radius 2 is 1.56 bits per heavy atom. The summed E-state index contributed by atoms with van der Waals surface area (Å²) >= 11 is 5.76. The third-order valence-corrected chi connectivity index (χ3v) is 4.16. The first-order valence-corrected chi connectivity index (χ1v) is 8.50. The first-order chi connectivity index (χ1) is 13.0. The molecule has 0 bridgehead atoms. The van der Waals surface area contributed by atoms with Crippen LogP contribution in [0.1, 0.15) is 27.1 Å². The van der Waals surface area contributed by atoms with E-state index < -0.39 is 30.3 Å². The molecule has 0 aliphatic carbocycles. The molecule has 138 valence electrons. The molecule has 27 heavy (non-hydrogen) atoms. The maximum Gasteiger partial charge on any atom is 0.308 e. The van der Waals surface area contributed by atoms with Gasteiger partial charge in [-0.25, -0.2) is 0 Å². The molecule has 0 unspecified atom stereocenters. The molecule has 0 fully saturated rings. The van der Waals surface area contributed by atoms with E-state index in [1.807, 2.05) is 0 Å². The molecule has 0 spiro atoms. The van der Waals surface area contributed by atoms with Gasteiger partial charge in [-0.05, 0) is 36.4 Å². The van der Waals surface area contributed by atoms with Crippen LogP contribution in [0.3, 0.4) is 0 Å². The Hall–Kier alpha value is -3.19. The van der Waals surface area contributed by atoms with Crippen LogP contribution in [0.5, 0.6) is 0 Å². The second-order valence-electron chi connectivity index (χ2n) is 5.77. The van der Waals surface area contributed by atoms with Crippen LogP contribution in [-0.4, -0.2) is 41.7 Å². The van der Waals surface area contributed by atoms with E-state index in [1.54, 1.807) is 48.5 Å². The predicted octanol–water partition coefficient (Wildman–Crippen LogP) is 2.51. The summed E-state index contributed by atoms with van der Waals surface area (Å²) in [6, 6.07) is 12.9. The highest BCUT2D eigenvalue weighted by Crippen LogP contribution is 2.22. The average molecular weight is 387 g/mol. The van der Waals surface area contributed by atoms with Gasteiger partial charge >= 0.3 is 5.97 Å². The number of esters is 1. The first kappa shape index (κ1) is 18.6. The second-order valence-corrected chi connectivity index (χ2v) is 6.21. The zero-order valence-corrected chi connectivity index (χ0v) is 14.9. The summed E-state index contributed by atoms with van der Waals surface area (Å²) in [5.41, 5.74) is 1.16. The van der Waals surface area contributed by atoms with Gasteiger partial charge in [0, 0.05) is 17.3 Å². The summed E-state index contributed by atoms with van der Waals surface area (Å²) in [7, 11) is 0. The molecular formula is C19H15ClN2O5. The quantitative estimate of drug-likeness (QED) is 0.608. The summed E-state index contributed by atoms with van der Waals surface area (Å²) in [6.07, 6.45) is -0.195. The topological polar surface area (TPSA) is 92.8 Å². The van der Waals surface area contributed by atoms with E-state index in [1.165, 1.54) is 0 Å². The Kier molecular flexibility index (Phi) is 5.52. The molecule has 2 aromatic rings. The van der Waals surface area contributed by atoms with Crippen molar-refractivity contribution in [2.24, 2.45) is 0 Å². The van der Waals surface area contributed by atoms with Crippen molar-refractivity contribution in [1.82, 2.24) is 4.90 Å². The lowest BCUT2D eigenvalue weighted by Gasteiger charge is -2.13. The third-order valence-electron chi connectivity index (χ3n) is 3.91. The summed E-state index contributed by atoms with van der Waals surface area (Å²) in [5, 5.41) is 3.09. The molecule has 2 aromatic carbocycles. The maximum atomic E-state index is 12.2. The molecule has 1 aliphatic heterocycles. The molecule has 1 N–H and O–H groups in total. The van der Waals surface area contributed by atoms with Crippen LogP contribution in [0.25, 0.3) is 0 Å². The van der Waals surface area contributed by atoms with Crippen LogP contribution in [0, 0.1) is 0 Å². The Morgan fingerprint density at radius 3 is 2.15 bits per heavy atom. The molecule has 0 saturated heterocycles. The molecular weight excluding hydrogens is 372 g/mol. The molecule has 0 radical (unpaired) electrons. The molecule has 7 nitrogen and oxygen atoms in total. The van der Waals surface area contributed by atoms with Gasteiger partial charge in [-0.3, -0.25) is 24.1 Å². The summed E-state index contributed by atoms with van der Waals surface area (Å²) < 4.78 is 4.88. The molecule has 8 heteroatoms. The number of anilines is 1. The van der Waals surface area contributed by atoms with Gasteiger partial charge in [0.15, 0.2) is 6.61 Å². The van der Waals surface area contributed by atoms with Gasteiger partial charge in [0.05, 0.1) is 17.5 Å². The number of carbonyl (C=O) groups is 4. The molecule has 0 aromatic heterocycles. The minimum atomic E-state index is -0.683. The number of hydrogen-bond donors (Lipinski definition) is 1. The van der Waals surface area contributed by atoms with E-state index in [-0.39, 0.29) is 13.0 Å². The lowest BCUT2D eigenvalue weighted by atomic mass is 10.1. The van der Waals surface area contributed by atoms with Crippen LogP contribution in [0.15, 0.2) is 48.5 Å². The molecule has 3 amide bonds. The van der Waals surface area contributed by atoms with Crippen molar-refractivity contribution < 1.29 is 23.9 Å². The first-order valence-electron chi connectivity index (χ1n) is 8.12. The third kappa shape index (κ3) is 4.32. The van der Waals surface area contributed by atoms with Gasteiger partial charge in [-0.1, -0.05) is 23.7 Å². The number of amides is 3. The van der Waals surface area contributed by atoms with Crippen molar-refractivity contribution >= 4 is 41.0 Å². The highest BCUT2D eigenvalue weighted by atomic mass is 35.5. The van der Waals surface area contributed by atoms with E-state index in [0.717, 1.165) is 4.90 Å². The van der Waals surface area contributed by atoms with Crippen molar-refractivity contribution in [3.05, 3.63) is 64.7 Å². The van der Waals surface area contributed by atoms with Gasteiger partial charge in [0.2, 0.25) is 0 Å². The monoisotopic (exact) mass is 386 g/mol. The summed E-state index contributed by atoms with van der Waals surface area (Å²) in [6.45, 7) is -0.576. The molecule has 1 heterocycles. The van der Waals surface area contributed by atoms with Crippen molar-refractivity contribution in [1.29, 1.82) is 0 Å². The van der Waals surface area contributed by atoms with Gasteiger partial charge in [0.25, 0.3) is 17.7 Å². The molecule has 0 atom stereocenters. The molecule has 1 aliphatic rings. The maximum absolute atomic E-state index is 12.2. The number of fused-ring (bicyclic) bond motifs is 1. The minimum absolute atomic E-state index is 0.107. The highest BCUT2D eigenvalue weighted by Gasteiger charge is 2.35. The van der Waals surface area contributed by atoms with Crippen molar-refractivity contribution in [2.45, 2.75) is 6.42 Å². The predicted molar refractivity (Wildman–Crippen MR) is 97.5 cm³/mol. The number of imide groups is 1. The number of nitrogens with zero attached hydrogens (tertiary/aromatic N) is 1. The van der Waals surface area contributed by atoms with Crippen molar-refractivity contribution in [3.8, 4) is 0 Å². The Morgan fingerprint density at radius 1 is 0.963 bits per heavy atom. The molecule has 0 saturated carbocycles. The Labute approximate surface area is 159 Å². The average Bonchev–Trinajstić information content (AvgIpc) is 2.91. The highest BCUT2D eigenvalue weighted by molar-refractivity contribution is 6.30. The van der Waals surface area contributed by atoms with Crippen LogP contribution in [0.4, 0.5) is 5.69 Å². The number of hydrogen-bond acceptors (Lipinski definition) is 5. The fourth-order valence-electron chi connectivity index (χ4n) is 2.59. The van der Waals surface area contributed by atoms with Gasteiger partial charge < -0.3 is 10.1 Å². The fourth-order valence-corrected chi connectivity index (χ4v) is 2.72. The fraction of sp³-hybridized carbons (Fsp3) is 0.158. The van der Waals surface area contributed by atoms with Crippen LogP contribution >= 0.6 is 11.6 Å². The van der Waals surface area contributed by atoms with Gasteiger partial charge in [0.1, 0.15) is 0 Å². The zero-order chi connectivity index (χ0) is 19.4. The number of halogens is 1. The summed E-state index contributed by atoms with van der Waals surface area (Å²) in [4.78, 5) is 49.0. The SMILES string of the molecule is O=C(COC(=O)CCN1C(=O)c2ccccc2C1=O)Nc1ccc(Cl)cc1. The van der Waals surface area contributed by atoms with E-state index in [0.29, 0.717) is 21.8 Å². The number of ether oxygens (including phenoxy) is 1. The number of carbonyl (C=O) groups excluding carboxylic acids is 4. The van der Waals surface area contributed by atoms with Crippen molar-refractivity contribution in [2.75, 3.05) is 18.5 Å². The minimum Gasteiger partial charge on any atom is -0.456 e. The van der Waals surface area contributed by atoms with Gasteiger partial charge in [-0.15, -0.1) is 0 Å². The lowest BCUT2D eigenvalue weighted by Crippen LogP contribution is -2.32.